The zero-order chi connectivity index (χ0) is 21.9. The maximum Gasteiger partial charge on any atom is 0.310 e. The summed E-state index contributed by atoms with van der Waals surface area (Å²) in [6, 6.07) is 12.1. The number of rotatable bonds is 6. The summed E-state index contributed by atoms with van der Waals surface area (Å²) in [6.45, 7) is 2.39. The van der Waals surface area contributed by atoms with Gasteiger partial charge in [-0.25, -0.2) is 8.42 Å². The van der Waals surface area contributed by atoms with Crippen molar-refractivity contribution in [2.24, 2.45) is 5.41 Å². The van der Waals surface area contributed by atoms with Crippen LogP contribution in [0.2, 0.25) is 0 Å². The Morgan fingerprint density at radius 3 is 2.29 bits per heavy atom. The Labute approximate surface area is 182 Å². The summed E-state index contributed by atoms with van der Waals surface area (Å²) < 4.78 is 32.7. The minimum absolute atomic E-state index is 0.227. The summed E-state index contributed by atoms with van der Waals surface area (Å²) in [4.78, 5) is 18.2. The standard InChI is InChI=1S/C22H27N3O5S/c26-21(27)22(7-14-30-15-8-22)17-31(28,29)25-12-10-24(11-13-25)20-5-3-18(4-6-20)19-2-1-9-23-16-19/h1-6,9,16H,7-8,10-15,17H2,(H,26,27). The van der Waals surface area contributed by atoms with Gasteiger partial charge in [0.25, 0.3) is 0 Å². The Kier molecular flexibility index (Phi) is 6.27. The molecule has 3 heterocycles. The highest BCUT2D eigenvalue weighted by molar-refractivity contribution is 7.89. The number of ether oxygens (including phenoxy) is 1. The summed E-state index contributed by atoms with van der Waals surface area (Å²) in [5, 5.41) is 9.70. The normalized spacial score (nSPS) is 19.8. The second-order valence-electron chi connectivity index (χ2n) is 8.13. The molecular weight excluding hydrogens is 418 g/mol. The molecule has 0 radical (unpaired) electrons. The lowest BCUT2D eigenvalue weighted by atomic mass is 9.82. The summed E-state index contributed by atoms with van der Waals surface area (Å²) in [5.74, 6) is -1.41. The van der Waals surface area contributed by atoms with Gasteiger partial charge in [-0.05, 0) is 42.2 Å². The van der Waals surface area contributed by atoms with Gasteiger partial charge in [0.05, 0.1) is 11.2 Å². The predicted molar refractivity (Wildman–Crippen MR) is 117 cm³/mol. The van der Waals surface area contributed by atoms with E-state index < -0.39 is 21.4 Å². The lowest BCUT2D eigenvalue weighted by Crippen LogP contribution is -2.52. The SMILES string of the molecule is O=C(O)C1(CS(=O)(=O)N2CCN(c3ccc(-c4cccnc4)cc3)CC2)CCOCC1. The molecule has 0 unspecified atom stereocenters. The number of aromatic nitrogens is 1. The minimum atomic E-state index is -3.67. The van der Waals surface area contributed by atoms with Gasteiger partial charge >= 0.3 is 5.97 Å². The number of piperazine rings is 1. The summed E-state index contributed by atoms with van der Waals surface area (Å²) >= 11 is 0. The van der Waals surface area contributed by atoms with Crippen molar-refractivity contribution in [2.45, 2.75) is 12.8 Å². The van der Waals surface area contributed by atoms with Crippen LogP contribution in [-0.2, 0) is 19.6 Å². The van der Waals surface area contributed by atoms with Crippen LogP contribution in [0.3, 0.4) is 0 Å². The second-order valence-corrected chi connectivity index (χ2v) is 10.1. The van der Waals surface area contributed by atoms with Gasteiger partial charge in [-0.2, -0.15) is 4.31 Å². The fraction of sp³-hybridized carbons (Fsp3) is 0.455. The first-order chi connectivity index (χ1) is 14.9. The van der Waals surface area contributed by atoms with Crippen LogP contribution in [0, 0.1) is 5.41 Å². The number of hydrogen-bond acceptors (Lipinski definition) is 6. The molecule has 2 fully saturated rings. The van der Waals surface area contributed by atoms with Gasteiger partial charge in [-0.3, -0.25) is 9.78 Å². The van der Waals surface area contributed by atoms with Gasteiger partial charge in [0, 0.05) is 57.5 Å². The molecule has 0 aliphatic carbocycles. The van der Waals surface area contributed by atoms with E-state index in [1.807, 2.05) is 42.6 Å². The highest BCUT2D eigenvalue weighted by atomic mass is 32.2. The smallest absolute Gasteiger partial charge is 0.310 e. The number of aliphatic carboxylic acids is 1. The van der Waals surface area contributed by atoms with Crippen LogP contribution in [0.1, 0.15) is 12.8 Å². The zero-order valence-corrected chi connectivity index (χ0v) is 18.1. The first kappa shape index (κ1) is 21.7. The van der Waals surface area contributed by atoms with Crippen molar-refractivity contribution in [1.29, 1.82) is 0 Å². The number of anilines is 1. The molecule has 2 saturated heterocycles. The molecule has 1 aromatic carbocycles. The molecule has 2 aliphatic rings. The van der Waals surface area contributed by atoms with Crippen molar-refractivity contribution >= 4 is 21.7 Å². The Hall–Kier alpha value is -2.49. The molecule has 2 aliphatic heterocycles. The third kappa shape index (κ3) is 4.73. The quantitative estimate of drug-likeness (QED) is 0.727. The third-order valence-electron chi connectivity index (χ3n) is 6.22. The number of nitrogens with zero attached hydrogens (tertiary/aromatic N) is 3. The van der Waals surface area contributed by atoms with Gasteiger partial charge in [0.1, 0.15) is 0 Å². The van der Waals surface area contributed by atoms with Crippen molar-refractivity contribution in [3.63, 3.8) is 0 Å². The molecule has 4 rings (SSSR count). The molecule has 1 N–H and O–H groups in total. The lowest BCUT2D eigenvalue weighted by Gasteiger charge is -2.38. The first-order valence-corrected chi connectivity index (χ1v) is 12.0. The Bertz CT molecular complexity index is 997. The maximum absolute atomic E-state index is 13.0. The summed E-state index contributed by atoms with van der Waals surface area (Å²) in [5.41, 5.74) is 1.91. The van der Waals surface area contributed by atoms with Crippen molar-refractivity contribution < 1.29 is 23.1 Å². The highest BCUT2D eigenvalue weighted by Gasteiger charge is 2.45. The van der Waals surface area contributed by atoms with Gasteiger partial charge in [-0.15, -0.1) is 0 Å². The number of sulfonamides is 1. The Balaban J connectivity index is 1.39. The molecule has 0 bridgehead atoms. The van der Waals surface area contributed by atoms with Crippen molar-refractivity contribution in [3.8, 4) is 11.1 Å². The number of carbonyl (C=O) groups is 1. The largest absolute Gasteiger partial charge is 0.481 e. The van der Waals surface area contributed by atoms with E-state index in [2.05, 4.69) is 9.88 Å². The summed E-state index contributed by atoms with van der Waals surface area (Å²) in [7, 11) is -3.67. The monoisotopic (exact) mass is 445 g/mol. The van der Waals surface area contributed by atoms with Crippen molar-refractivity contribution in [2.75, 3.05) is 50.0 Å². The van der Waals surface area contributed by atoms with E-state index in [1.165, 1.54) is 4.31 Å². The highest BCUT2D eigenvalue weighted by Crippen LogP contribution is 2.34. The average molecular weight is 446 g/mol. The topological polar surface area (TPSA) is 100 Å². The van der Waals surface area contributed by atoms with E-state index >= 15 is 0 Å². The van der Waals surface area contributed by atoms with Crippen LogP contribution in [0.25, 0.3) is 11.1 Å². The van der Waals surface area contributed by atoms with E-state index in [9.17, 15) is 18.3 Å². The molecule has 2 aromatic rings. The van der Waals surface area contributed by atoms with Crippen LogP contribution in [0.15, 0.2) is 48.8 Å². The molecule has 0 atom stereocenters. The van der Waals surface area contributed by atoms with E-state index in [0.717, 1.165) is 16.8 Å². The Morgan fingerprint density at radius 1 is 1.03 bits per heavy atom. The molecule has 0 amide bonds. The van der Waals surface area contributed by atoms with E-state index in [4.69, 9.17) is 4.74 Å². The van der Waals surface area contributed by atoms with Gasteiger partial charge < -0.3 is 14.7 Å². The molecule has 31 heavy (non-hydrogen) atoms. The summed E-state index contributed by atoms with van der Waals surface area (Å²) in [6.07, 6.45) is 4.02. The molecule has 0 saturated carbocycles. The van der Waals surface area contributed by atoms with Crippen LogP contribution < -0.4 is 4.90 Å². The maximum atomic E-state index is 13.0. The molecular formula is C22H27N3O5S. The van der Waals surface area contributed by atoms with Crippen LogP contribution >= 0.6 is 0 Å². The molecule has 166 valence electrons. The molecule has 9 heteroatoms. The van der Waals surface area contributed by atoms with E-state index in [-0.39, 0.29) is 31.8 Å². The third-order valence-corrected chi connectivity index (χ3v) is 8.29. The fourth-order valence-corrected chi connectivity index (χ4v) is 6.26. The number of pyridine rings is 1. The van der Waals surface area contributed by atoms with Crippen LogP contribution in [0.5, 0.6) is 0 Å². The fourth-order valence-electron chi connectivity index (χ4n) is 4.25. The molecule has 8 nitrogen and oxygen atoms in total. The predicted octanol–water partition coefficient (Wildman–Crippen LogP) is 2.08. The van der Waals surface area contributed by atoms with E-state index in [1.54, 1.807) is 6.20 Å². The number of benzene rings is 1. The van der Waals surface area contributed by atoms with Crippen LogP contribution in [-0.4, -0.2) is 73.9 Å². The van der Waals surface area contributed by atoms with Crippen LogP contribution in [0.4, 0.5) is 5.69 Å². The average Bonchev–Trinajstić information content (AvgIpc) is 2.80. The second kappa shape index (κ2) is 8.94. The molecule has 1 aromatic heterocycles. The van der Waals surface area contributed by atoms with E-state index in [0.29, 0.717) is 26.2 Å². The number of hydrogen-bond donors (Lipinski definition) is 1. The molecule has 0 spiro atoms. The Morgan fingerprint density at radius 2 is 1.71 bits per heavy atom. The zero-order valence-electron chi connectivity index (χ0n) is 17.3. The van der Waals surface area contributed by atoms with Crippen molar-refractivity contribution in [1.82, 2.24) is 9.29 Å². The van der Waals surface area contributed by atoms with Gasteiger partial charge in [0.2, 0.25) is 10.0 Å². The number of carboxylic acid groups (broad SMARTS) is 1. The lowest BCUT2D eigenvalue weighted by molar-refractivity contribution is -0.152. The minimum Gasteiger partial charge on any atom is -0.481 e. The number of carboxylic acids is 1. The van der Waals surface area contributed by atoms with Gasteiger partial charge in [0.15, 0.2) is 0 Å². The van der Waals surface area contributed by atoms with Crippen molar-refractivity contribution in [3.05, 3.63) is 48.8 Å². The first-order valence-electron chi connectivity index (χ1n) is 10.4. The van der Waals surface area contributed by atoms with Gasteiger partial charge in [-0.1, -0.05) is 18.2 Å².